The van der Waals surface area contributed by atoms with Crippen LogP contribution in [0.5, 0.6) is 5.75 Å². The second-order valence-corrected chi connectivity index (χ2v) is 7.84. The molecular weight excluding hydrogens is 406 g/mol. The number of ether oxygens (including phenoxy) is 1. The summed E-state index contributed by atoms with van der Waals surface area (Å²) in [4.78, 5) is 29.3. The number of methoxy groups -OCH3 is 1. The van der Waals surface area contributed by atoms with Gasteiger partial charge < -0.3 is 14.6 Å². The average molecular weight is 431 g/mol. The van der Waals surface area contributed by atoms with Gasteiger partial charge in [-0.3, -0.25) is 9.59 Å². The molecule has 4 rings (SSSR count). The number of anilines is 1. The number of nitrogens with zero attached hydrogens (tertiary/aromatic N) is 4. The van der Waals surface area contributed by atoms with Gasteiger partial charge in [-0.25, -0.2) is 4.98 Å². The maximum absolute atomic E-state index is 12.9. The van der Waals surface area contributed by atoms with E-state index in [0.717, 1.165) is 33.5 Å². The lowest BCUT2D eigenvalue weighted by atomic mass is 10.1. The second-order valence-electron chi connectivity index (χ2n) is 7.84. The number of carbonyl (C=O) groups excluding carboxylic acids is 1. The van der Waals surface area contributed by atoms with E-state index in [1.54, 1.807) is 22.4 Å². The number of nitrogens with one attached hydrogen (secondary N) is 1. The SMILES string of the molecule is COc1cccc2c(C)cc(-n3nc(C)cc3NC(=O)Cn3c(C)cc(=O)cc3C)nc12. The van der Waals surface area contributed by atoms with Gasteiger partial charge in [-0.15, -0.1) is 0 Å². The standard InChI is InChI=1S/C24H25N5O3/c1-14-9-21(26-24-19(14)7-6-8-20(24)32-5)29-22(10-15(2)27-29)25-23(31)13-28-16(3)11-18(30)12-17(28)4/h6-12H,13H2,1-5H3,(H,25,31). The van der Waals surface area contributed by atoms with Crippen LogP contribution in [0, 0.1) is 27.7 Å². The molecule has 1 N–H and O–H groups in total. The van der Waals surface area contributed by atoms with Crippen molar-refractivity contribution in [3.8, 4) is 11.6 Å². The van der Waals surface area contributed by atoms with Crippen LogP contribution in [-0.2, 0) is 11.3 Å². The van der Waals surface area contributed by atoms with Crippen molar-refractivity contribution in [3.63, 3.8) is 0 Å². The highest BCUT2D eigenvalue weighted by Crippen LogP contribution is 2.28. The number of para-hydroxylation sites is 1. The van der Waals surface area contributed by atoms with Crippen molar-refractivity contribution in [2.24, 2.45) is 0 Å². The zero-order chi connectivity index (χ0) is 23.0. The van der Waals surface area contributed by atoms with Crippen molar-refractivity contribution in [2.45, 2.75) is 34.2 Å². The minimum absolute atomic E-state index is 0.0708. The van der Waals surface area contributed by atoms with Crippen molar-refractivity contribution < 1.29 is 9.53 Å². The minimum Gasteiger partial charge on any atom is -0.494 e. The van der Waals surface area contributed by atoms with Crippen molar-refractivity contribution in [1.29, 1.82) is 0 Å². The molecule has 4 aromatic rings. The van der Waals surface area contributed by atoms with Gasteiger partial charge >= 0.3 is 0 Å². The fraction of sp³-hybridized carbons (Fsp3) is 0.250. The molecule has 1 amide bonds. The van der Waals surface area contributed by atoms with Crippen molar-refractivity contribution in [1.82, 2.24) is 19.3 Å². The Bertz CT molecular complexity index is 1370. The molecule has 0 fully saturated rings. The Balaban J connectivity index is 1.70. The third-order valence-electron chi connectivity index (χ3n) is 5.39. The van der Waals surface area contributed by atoms with E-state index < -0.39 is 0 Å². The number of rotatable bonds is 5. The second kappa shape index (κ2) is 8.30. The molecule has 0 aliphatic heterocycles. The molecule has 164 valence electrons. The van der Waals surface area contributed by atoms with E-state index in [-0.39, 0.29) is 17.9 Å². The predicted molar refractivity (Wildman–Crippen MR) is 124 cm³/mol. The number of amides is 1. The molecule has 8 heteroatoms. The minimum atomic E-state index is -0.226. The van der Waals surface area contributed by atoms with E-state index in [9.17, 15) is 9.59 Å². The van der Waals surface area contributed by atoms with E-state index in [2.05, 4.69) is 10.4 Å². The van der Waals surface area contributed by atoms with Crippen LogP contribution in [0.15, 0.2) is 47.3 Å². The molecule has 8 nitrogen and oxygen atoms in total. The Morgan fingerprint density at radius 1 is 1.06 bits per heavy atom. The molecule has 3 heterocycles. The maximum atomic E-state index is 12.9. The first-order chi connectivity index (χ1) is 15.3. The van der Waals surface area contributed by atoms with Gasteiger partial charge in [-0.05, 0) is 45.4 Å². The van der Waals surface area contributed by atoms with Gasteiger partial charge in [0.2, 0.25) is 5.91 Å². The van der Waals surface area contributed by atoms with Crippen LogP contribution < -0.4 is 15.5 Å². The summed E-state index contributed by atoms with van der Waals surface area (Å²) in [5, 5.41) is 8.47. The average Bonchev–Trinajstić information content (AvgIpc) is 3.10. The summed E-state index contributed by atoms with van der Waals surface area (Å²) < 4.78 is 8.91. The fourth-order valence-electron chi connectivity index (χ4n) is 3.87. The summed E-state index contributed by atoms with van der Waals surface area (Å²) in [6.07, 6.45) is 0. The highest BCUT2D eigenvalue weighted by atomic mass is 16.5. The number of carbonyl (C=O) groups is 1. The zero-order valence-corrected chi connectivity index (χ0v) is 18.8. The van der Waals surface area contributed by atoms with Crippen LogP contribution in [0.1, 0.15) is 22.6 Å². The van der Waals surface area contributed by atoms with Crippen LogP contribution in [0.25, 0.3) is 16.7 Å². The molecule has 3 aromatic heterocycles. The summed E-state index contributed by atoms with van der Waals surface area (Å²) in [6, 6.07) is 12.6. The number of hydrogen-bond donors (Lipinski definition) is 1. The fourth-order valence-corrected chi connectivity index (χ4v) is 3.87. The summed E-state index contributed by atoms with van der Waals surface area (Å²) in [7, 11) is 1.61. The summed E-state index contributed by atoms with van der Waals surface area (Å²) in [5.41, 5.74) is 3.89. The quantitative estimate of drug-likeness (QED) is 0.523. The van der Waals surface area contributed by atoms with Crippen LogP contribution in [0.2, 0.25) is 0 Å². The zero-order valence-electron chi connectivity index (χ0n) is 18.8. The van der Waals surface area contributed by atoms with E-state index in [1.165, 1.54) is 12.1 Å². The van der Waals surface area contributed by atoms with Crippen LogP contribution >= 0.6 is 0 Å². The topological polar surface area (TPSA) is 91.0 Å². The number of fused-ring (bicyclic) bond motifs is 1. The van der Waals surface area contributed by atoms with Gasteiger partial charge in [0.25, 0.3) is 0 Å². The van der Waals surface area contributed by atoms with Crippen molar-refractivity contribution in [2.75, 3.05) is 12.4 Å². The number of hydrogen-bond acceptors (Lipinski definition) is 5. The molecule has 0 saturated carbocycles. The Hall–Kier alpha value is -3.94. The Kier molecular flexibility index (Phi) is 5.52. The molecule has 0 radical (unpaired) electrons. The summed E-state index contributed by atoms with van der Waals surface area (Å²) >= 11 is 0. The van der Waals surface area contributed by atoms with E-state index >= 15 is 0 Å². The summed E-state index contributed by atoms with van der Waals surface area (Å²) in [6.45, 7) is 7.57. The normalized spacial score (nSPS) is 11.0. The van der Waals surface area contributed by atoms with Crippen LogP contribution in [0.4, 0.5) is 5.82 Å². The van der Waals surface area contributed by atoms with Gasteiger partial charge in [-0.1, -0.05) is 12.1 Å². The number of aromatic nitrogens is 4. The molecule has 0 unspecified atom stereocenters. The number of pyridine rings is 2. The van der Waals surface area contributed by atoms with Gasteiger partial charge in [-0.2, -0.15) is 9.78 Å². The van der Waals surface area contributed by atoms with E-state index in [4.69, 9.17) is 9.72 Å². The molecule has 0 saturated heterocycles. The smallest absolute Gasteiger partial charge is 0.245 e. The predicted octanol–water partition coefficient (Wildman–Crippen LogP) is 3.46. The lowest BCUT2D eigenvalue weighted by Gasteiger charge is -2.15. The molecule has 1 aromatic carbocycles. The van der Waals surface area contributed by atoms with Crippen molar-refractivity contribution in [3.05, 3.63) is 75.3 Å². The van der Waals surface area contributed by atoms with Crippen LogP contribution in [-0.4, -0.2) is 32.3 Å². The summed E-state index contributed by atoms with van der Waals surface area (Å²) in [5.74, 6) is 1.55. The first kappa shape index (κ1) is 21.3. The molecule has 0 aliphatic rings. The Morgan fingerprint density at radius 2 is 1.78 bits per heavy atom. The maximum Gasteiger partial charge on any atom is 0.245 e. The van der Waals surface area contributed by atoms with Gasteiger partial charge in [0.1, 0.15) is 23.6 Å². The first-order valence-electron chi connectivity index (χ1n) is 10.3. The molecule has 0 atom stereocenters. The molecule has 0 aliphatic carbocycles. The lowest BCUT2D eigenvalue weighted by molar-refractivity contribution is -0.116. The van der Waals surface area contributed by atoms with E-state index in [1.807, 2.05) is 52.0 Å². The van der Waals surface area contributed by atoms with Gasteiger partial charge in [0.05, 0.1) is 12.8 Å². The largest absolute Gasteiger partial charge is 0.494 e. The monoisotopic (exact) mass is 431 g/mol. The number of benzene rings is 1. The van der Waals surface area contributed by atoms with Gasteiger partial charge in [0.15, 0.2) is 11.2 Å². The Labute approximate surface area is 185 Å². The van der Waals surface area contributed by atoms with Crippen LogP contribution in [0.3, 0.4) is 0 Å². The van der Waals surface area contributed by atoms with E-state index in [0.29, 0.717) is 17.4 Å². The third-order valence-corrected chi connectivity index (χ3v) is 5.39. The first-order valence-corrected chi connectivity index (χ1v) is 10.3. The molecule has 32 heavy (non-hydrogen) atoms. The number of aryl methyl sites for hydroxylation is 4. The Morgan fingerprint density at radius 3 is 2.47 bits per heavy atom. The molecule has 0 bridgehead atoms. The lowest BCUT2D eigenvalue weighted by Crippen LogP contribution is -2.24. The third kappa shape index (κ3) is 3.99. The molecular formula is C24H25N5O3. The van der Waals surface area contributed by atoms with Gasteiger partial charge in [0, 0.05) is 35.0 Å². The molecule has 0 spiro atoms. The highest BCUT2D eigenvalue weighted by molar-refractivity contribution is 5.91. The van der Waals surface area contributed by atoms with Crippen molar-refractivity contribution >= 4 is 22.6 Å². The highest BCUT2D eigenvalue weighted by Gasteiger charge is 2.16.